The van der Waals surface area contributed by atoms with E-state index in [9.17, 15) is 32.4 Å². The number of nitrogens with one attached hydrogen (secondary N) is 2. The summed E-state index contributed by atoms with van der Waals surface area (Å²) in [5.41, 5.74) is -0.319. The van der Waals surface area contributed by atoms with Crippen molar-refractivity contribution in [2.45, 2.75) is 43.9 Å². The molecule has 0 aliphatic carbocycles. The molecular formula is C22H27BFN3O7S. The number of fused-ring (bicyclic) bond motifs is 1. The molecule has 13 heteroatoms. The van der Waals surface area contributed by atoms with Gasteiger partial charge in [0.15, 0.2) is 9.84 Å². The van der Waals surface area contributed by atoms with Crippen molar-refractivity contribution in [3.63, 3.8) is 0 Å². The summed E-state index contributed by atoms with van der Waals surface area (Å²) in [5.74, 6) is -2.79. The van der Waals surface area contributed by atoms with Crippen LogP contribution in [0, 0.1) is 5.82 Å². The van der Waals surface area contributed by atoms with Crippen LogP contribution in [-0.4, -0.2) is 62.0 Å². The van der Waals surface area contributed by atoms with Crippen LogP contribution in [-0.2, 0) is 25.9 Å². The van der Waals surface area contributed by atoms with Crippen molar-refractivity contribution < 1.29 is 37.2 Å². The zero-order valence-electron chi connectivity index (χ0n) is 19.7. The van der Waals surface area contributed by atoms with E-state index in [1.807, 2.05) is 0 Å². The molecule has 0 spiro atoms. The minimum absolute atomic E-state index is 0.134. The van der Waals surface area contributed by atoms with Gasteiger partial charge >= 0.3 is 13.2 Å². The maximum absolute atomic E-state index is 14.5. The van der Waals surface area contributed by atoms with Crippen LogP contribution in [0.25, 0.3) is 0 Å². The third-order valence-corrected chi connectivity index (χ3v) is 6.98. The van der Waals surface area contributed by atoms with E-state index in [1.54, 1.807) is 52.1 Å². The lowest BCUT2D eigenvalue weighted by molar-refractivity contribution is -0.120. The summed E-state index contributed by atoms with van der Waals surface area (Å²) in [6, 6.07) is 6.95. The minimum atomic E-state index is -4.30. The van der Waals surface area contributed by atoms with Crippen molar-refractivity contribution in [3.8, 4) is 0 Å². The Labute approximate surface area is 203 Å². The van der Waals surface area contributed by atoms with E-state index in [-0.39, 0.29) is 12.2 Å². The number of carbonyl (C=O) groups excluding carboxylic acids is 2. The Bertz CT molecular complexity index is 1230. The SMILES string of the molecule is CNc1ccc(CN2C(=O)[C@@H](NC(=O)OC(C)(C)C)CS(=O)(=O)c3cc(F)c(B(O)O)cc32)cc1. The number of sulfone groups is 1. The second-order valence-corrected chi connectivity index (χ2v) is 11.1. The largest absolute Gasteiger partial charge is 0.491 e. The van der Waals surface area contributed by atoms with Crippen molar-refractivity contribution in [1.29, 1.82) is 0 Å². The highest BCUT2D eigenvalue weighted by Gasteiger charge is 2.40. The molecule has 0 fully saturated rings. The predicted octanol–water partition coefficient (Wildman–Crippen LogP) is 0.761. The normalized spacial score (nSPS) is 17.3. The second kappa shape index (κ2) is 9.84. The van der Waals surface area contributed by atoms with E-state index < -0.39 is 62.5 Å². The maximum Gasteiger partial charge on any atom is 0.491 e. The number of rotatable bonds is 5. The fraction of sp³-hybridized carbons (Fsp3) is 0.364. The molecule has 0 saturated heterocycles. The van der Waals surface area contributed by atoms with Crippen molar-refractivity contribution in [3.05, 3.63) is 47.8 Å². The van der Waals surface area contributed by atoms with Crippen LogP contribution in [0.4, 0.5) is 20.6 Å². The molecule has 2 aromatic carbocycles. The summed E-state index contributed by atoms with van der Waals surface area (Å²) in [4.78, 5) is 26.5. The summed E-state index contributed by atoms with van der Waals surface area (Å²) in [5, 5.41) is 24.4. The third-order valence-electron chi connectivity index (χ3n) is 5.21. The number of ether oxygens (including phenoxy) is 1. The number of anilines is 2. The van der Waals surface area contributed by atoms with Crippen LogP contribution in [0.3, 0.4) is 0 Å². The Hall–Kier alpha value is -3.16. The molecule has 1 atom stereocenters. The van der Waals surface area contributed by atoms with Gasteiger partial charge in [-0.05, 0) is 50.6 Å². The van der Waals surface area contributed by atoms with E-state index >= 15 is 0 Å². The van der Waals surface area contributed by atoms with E-state index in [2.05, 4.69) is 10.6 Å². The van der Waals surface area contributed by atoms with Crippen molar-refractivity contribution in [1.82, 2.24) is 5.32 Å². The molecule has 0 radical (unpaired) electrons. The van der Waals surface area contributed by atoms with Gasteiger partial charge in [0.2, 0.25) is 0 Å². The highest BCUT2D eigenvalue weighted by atomic mass is 32.2. The average Bonchev–Trinajstić information content (AvgIpc) is 2.81. The smallest absolute Gasteiger partial charge is 0.444 e. The lowest BCUT2D eigenvalue weighted by Crippen LogP contribution is -2.51. The van der Waals surface area contributed by atoms with Gasteiger partial charge in [-0.15, -0.1) is 0 Å². The number of amides is 2. The molecular weight excluding hydrogens is 480 g/mol. The Morgan fingerprint density at radius 3 is 2.40 bits per heavy atom. The Morgan fingerprint density at radius 1 is 1.23 bits per heavy atom. The Kier molecular flexibility index (Phi) is 7.43. The summed E-state index contributed by atoms with van der Waals surface area (Å²) in [7, 11) is -4.80. The van der Waals surface area contributed by atoms with Gasteiger partial charge < -0.3 is 30.3 Å². The fourth-order valence-electron chi connectivity index (χ4n) is 3.58. The van der Waals surface area contributed by atoms with Gasteiger partial charge in [-0.2, -0.15) is 0 Å². The van der Waals surface area contributed by atoms with Gasteiger partial charge in [0.1, 0.15) is 17.5 Å². The standard InChI is InChI=1S/C22H27BFN3O7S/c1-22(2,3)34-21(29)26-17-12-35(32,33)19-10-16(24)15(23(30)31)9-18(19)27(20(17)28)11-13-5-7-14(25-4)8-6-13/h5-10,17,25,30-31H,11-12H2,1-4H3,(H,26,29)/t17-/m0/s1. The summed E-state index contributed by atoms with van der Waals surface area (Å²) >= 11 is 0. The topological polar surface area (TPSA) is 145 Å². The molecule has 0 saturated carbocycles. The first-order valence-corrected chi connectivity index (χ1v) is 12.4. The summed E-state index contributed by atoms with van der Waals surface area (Å²) in [6.07, 6.45) is -0.993. The van der Waals surface area contributed by atoms with E-state index in [4.69, 9.17) is 4.74 Å². The molecule has 35 heavy (non-hydrogen) atoms. The molecule has 1 aliphatic rings. The number of nitrogens with zero attached hydrogens (tertiary/aromatic N) is 1. The third kappa shape index (κ3) is 6.10. The number of halogens is 1. The van der Waals surface area contributed by atoms with Crippen LogP contribution >= 0.6 is 0 Å². The Morgan fingerprint density at radius 2 is 1.86 bits per heavy atom. The first-order valence-electron chi connectivity index (χ1n) is 10.7. The number of benzene rings is 2. The quantitative estimate of drug-likeness (QED) is 0.434. The molecule has 188 valence electrons. The zero-order chi connectivity index (χ0) is 26.1. The lowest BCUT2D eigenvalue weighted by atomic mass is 9.79. The van der Waals surface area contributed by atoms with Crippen LogP contribution in [0.5, 0.6) is 0 Å². The fourth-order valence-corrected chi connectivity index (χ4v) is 5.20. The summed E-state index contributed by atoms with van der Waals surface area (Å²) < 4.78 is 46.0. The molecule has 1 aliphatic heterocycles. The Balaban J connectivity index is 2.12. The first kappa shape index (κ1) is 26.4. The number of hydrogen-bond acceptors (Lipinski definition) is 8. The van der Waals surface area contributed by atoms with Crippen LogP contribution in [0.2, 0.25) is 0 Å². The van der Waals surface area contributed by atoms with Crippen molar-refractivity contribution >= 4 is 45.8 Å². The predicted molar refractivity (Wildman–Crippen MR) is 129 cm³/mol. The number of hydrogen-bond donors (Lipinski definition) is 4. The molecule has 0 bridgehead atoms. The van der Waals surface area contributed by atoms with E-state index in [1.165, 1.54) is 0 Å². The van der Waals surface area contributed by atoms with Gasteiger partial charge in [-0.1, -0.05) is 12.1 Å². The number of carbonyl (C=O) groups is 2. The van der Waals surface area contributed by atoms with Crippen LogP contribution < -0.4 is 21.0 Å². The van der Waals surface area contributed by atoms with Crippen LogP contribution in [0.15, 0.2) is 41.3 Å². The molecule has 0 unspecified atom stereocenters. The number of alkyl carbamates (subject to hydrolysis) is 1. The first-order chi connectivity index (χ1) is 16.2. The lowest BCUT2D eigenvalue weighted by Gasteiger charge is -2.27. The molecule has 2 amide bonds. The van der Waals surface area contributed by atoms with Crippen molar-refractivity contribution in [2.24, 2.45) is 0 Å². The molecule has 3 rings (SSSR count). The molecule has 2 aromatic rings. The van der Waals surface area contributed by atoms with Crippen LogP contribution in [0.1, 0.15) is 26.3 Å². The van der Waals surface area contributed by atoms with Crippen molar-refractivity contribution in [2.75, 3.05) is 23.0 Å². The average molecular weight is 507 g/mol. The molecule has 0 aromatic heterocycles. The van der Waals surface area contributed by atoms with Gasteiger partial charge in [0.25, 0.3) is 5.91 Å². The molecule has 1 heterocycles. The van der Waals surface area contributed by atoms with E-state index in [0.29, 0.717) is 11.6 Å². The van der Waals surface area contributed by atoms with Gasteiger partial charge in [0, 0.05) is 18.2 Å². The molecule has 4 N–H and O–H groups in total. The summed E-state index contributed by atoms with van der Waals surface area (Å²) in [6.45, 7) is 4.70. The maximum atomic E-state index is 14.5. The zero-order valence-corrected chi connectivity index (χ0v) is 20.5. The highest BCUT2D eigenvalue weighted by molar-refractivity contribution is 7.91. The highest BCUT2D eigenvalue weighted by Crippen LogP contribution is 2.32. The second-order valence-electron chi connectivity index (χ2n) is 9.07. The van der Waals surface area contributed by atoms with Gasteiger partial charge in [-0.25, -0.2) is 17.6 Å². The monoisotopic (exact) mass is 507 g/mol. The van der Waals surface area contributed by atoms with E-state index in [0.717, 1.165) is 16.7 Å². The minimum Gasteiger partial charge on any atom is -0.444 e. The molecule has 10 nitrogen and oxygen atoms in total. The van der Waals surface area contributed by atoms with Gasteiger partial charge in [0.05, 0.1) is 22.9 Å². The van der Waals surface area contributed by atoms with Gasteiger partial charge in [-0.3, -0.25) is 4.79 Å².